The van der Waals surface area contributed by atoms with Gasteiger partial charge >= 0.3 is 10.2 Å². The Balaban J connectivity index is 1.44. The molecule has 0 unspecified atom stereocenters. The third kappa shape index (κ3) is 7.98. The van der Waals surface area contributed by atoms with Crippen molar-refractivity contribution in [3.05, 3.63) is 46.4 Å². The van der Waals surface area contributed by atoms with Crippen LogP contribution >= 0.6 is 0 Å². The molecule has 17 heteroatoms. The molecule has 234 valence electrons. The Hall–Kier alpha value is -3.80. The van der Waals surface area contributed by atoms with Gasteiger partial charge in [0.05, 0.1) is 43.2 Å². The fourth-order valence-corrected chi connectivity index (χ4v) is 5.62. The second kappa shape index (κ2) is 14.1. The van der Waals surface area contributed by atoms with E-state index in [9.17, 15) is 26.8 Å². The summed E-state index contributed by atoms with van der Waals surface area (Å²) in [6.45, 7) is 3.08. The van der Waals surface area contributed by atoms with Crippen molar-refractivity contribution in [1.29, 1.82) is 0 Å². The molecule has 0 spiro atoms. The summed E-state index contributed by atoms with van der Waals surface area (Å²) in [6.07, 6.45) is 0.0490. The van der Waals surface area contributed by atoms with Crippen LogP contribution < -0.4 is 20.9 Å². The van der Waals surface area contributed by atoms with Gasteiger partial charge in [-0.05, 0) is 24.6 Å². The number of alkyl halides is 1. The second-order valence-corrected chi connectivity index (χ2v) is 11.3. The number of halogens is 3. The molecule has 2 aromatic heterocycles. The number of hydrogen-bond acceptors (Lipinski definition) is 9. The van der Waals surface area contributed by atoms with Crippen LogP contribution in [0.25, 0.3) is 22.2 Å². The molecule has 0 saturated carbocycles. The maximum absolute atomic E-state index is 15.5. The maximum atomic E-state index is 15.5. The molecule has 3 aromatic rings. The Bertz CT molecular complexity index is 1640. The van der Waals surface area contributed by atoms with E-state index in [-0.39, 0.29) is 42.6 Å². The Labute approximate surface area is 245 Å². The van der Waals surface area contributed by atoms with Gasteiger partial charge < -0.3 is 20.1 Å². The van der Waals surface area contributed by atoms with E-state index < -0.39 is 44.8 Å². The van der Waals surface area contributed by atoms with Gasteiger partial charge in [0.2, 0.25) is 11.9 Å². The zero-order chi connectivity index (χ0) is 31.1. The molecule has 13 nitrogen and oxygen atoms in total. The van der Waals surface area contributed by atoms with E-state index in [1.54, 1.807) is 0 Å². The highest BCUT2D eigenvalue weighted by molar-refractivity contribution is 7.90. The van der Waals surface area contributed by atoms with Gasteiger partial charge in [0.25, 0.3) is 5.56 Å². The minimum atomic E-state index is -4.32. The lowest BCUT2D eigenvalue weighted by Crippen LogP contribution is -2.34. The van der Waals surface area contributed by atoms with Gasteiger partial charge in [-0.3, -0.25) is 18.9 Å². The van der Waals surface area contributed by atoms with Crippen LogP contribution in [0.2, 0.25) is 0 Å². The van der Waals surface area contributed by atoms with Crippen molar-refractivity contribution in [2.75, 3.05) is 62.6 Å². The first kappa shape index (κ1) is 32.1. The van der Waals surface area contributed by atoms with Crippen molar-refractivity contribution in [2.45, 2.75) is 19.5 Å². The molecule has 1 aliphatic rings. The number of pyridine rings is 1. The number of nitrogens with zero attached hydrogens (tertiary/aromatic N) is 4. The molecule has 1 aliphatic heterocycles. The number of hydrogen-bond donors (Lipinski definition) is 3. The van der Waals surface area contributed by atoms with Crippen LogP contribution in [0.4, 0.5) is 24.8 Å². The molecule has 0 bridgehead atoms. The standard InChI is InChI=1S/C26H32F3N7O6S/c1-16(37)30-6-9-41-11-12-42-10-7-31-26-32-14-17-13-19(25(38)35(2)24(17)33-26)22-20(28)3-4-21(23(22)29)34-43(39,40)36-8-5-18(27)15-36/h3-4,13-14,18,34H,5-12,15H2,1-2H3,(H,30,37)(H,31,32,33)/t18-/m1/s1. The van der Waals surface area contributed by atoms with E-state index in [0.717, 1.165) is 21.0 Å². The van der Waals surface area contributed by atoms with Crippen LogP contribution in [0.1, 0.15) is 13.3 Å². The third-order valence-electron chi connectivity index (χ3n) is 6.50. The van der Waals surface area contributed by atoms with Gasteiger partial charge in [0, 0.05) is 51.7 Å². The highest BCUT2D eigenvalue weighted by Gasteiger charge is 2.32. The van der Waals surface area contributed by atoms with Gasteiger partial charge in [-0.1, -0.05) is 0 Å². The van der Waals surface area contributed by atoms with Crippen LogP contribution in [-0.2, 0) is 31.5 Å². The number of nitrogens with one attached hydrogen (secondary N) is 3. The minimum absolute atomic E-state index is 0.0107. The first-order valence-electron chi connectivity index (χ1n) is 13.4. The average Bonchev–Trinajstić information content (AvgIpc) is 3.41. The zero-order valence-corrected chi connectivity index (χ0v) is 24.3. The largest absolute Gasteiger partial charge is 0.377 e. The molecule has 4 rings (SSSR count). The molecular formula is C26H32F3N7O6S. The fraction of sp³-hybridized carbons (Fsp3) is 0.462. The van der Waals surface area contributed by atoms with E-state index in [1.807, 2.05) is 4.72 Å². The number of carbonyl (C=O) groups is 1. The van der Waals surface area contributed by atoms with Gasteiger partial charge in [0.15, 0.2) is 5.82 Å². The highest BCUT2D eigenvalue weighted by atomic mass is 32.2. The predicted molar refractivity (Wildman–Crippen MR) is 153 cm³/mol. The molecule has 1 fully saturated rings. The summed E-state index contributed by atoms with van der Waals surface area (Å²) in [7, 11) is -2.94. The molecular weight excluding hydrogens is 595 g/mol. The number of carbonyl (C=O) groups excluding carboxylic acids is 1. The lowest BCUT2D eigenvalue weighted by molar-refractivity contribution is -0.119. The van der Waals surface area contributed by atoms with E-state index in [1.165, 1.54) is 26.2 Å². The summed E-state index contributed by atoms with van der Waals surface area (Å²) >= 11 is 0. The Kier molecular flexibility index (Phi) is 10.5. The number of aromatic nitrogens is 3. The minimum Gasteiger partial charge on any atom is -0.377 e. The number of aryl methyl sites for hydroxylation is 1. The maximum Gasteiger partial charge on any atom is 0.301 e. The number of benzene rings is 1. The monoisotopic (exact) mass is 627 g/mol. The van der Waals surface area contributed by atoms with Crippen molar-refractivity contribution in [3.8, 4) is 11.1 Å². The first-order chi connectivity index (χ1) is 20.5. The van der Waals surface area contributed by atoms with E-state index in [0.29, 0.717) is 44.9 Å². The summed E-state index contributed by atoms with van der Waals surface area (Å²) in [6, 6.07) is 2.96. The lowest BCUT2D eigenvalue weighted by Gasteiger charge is -2.18. The van der Waals surface area contributed by atoms with Crippen molar-refractivity contribution >= 4 is 38.8 Å². The van der Waals surface area contributed by atoms with Crippen molar-refractivity contribution in [1.82, 2.24) is 24.2 Å². The Morgan fingerprint density at radius 1 is 1.14 bits per heavy atom. The summed E-state index contributed by atoms with van der Waals surface area (Å²) < 4.78 is 84.0. The van der Waals surface area contributed by atoms with Crippen LogP contribution in [-0.4, -0.2) is 91.9 Å². The van der Waals surface area contributed by atoms with Gasteiger partial charge in [-0.2, -0.15) is 17.7 Å². The molecule has 1 saturated heterocycles. The summed E-state index contributed by atoms with van der Waals surface area (Å²) in [5, 5.41) is 5.87. The topological polar surface area (TPSA) is 157 Å². The normalized spacial score (nSPS) is 15.6. The number of amides is 1. The Morgan fingerprint density at radius 2 is 1.86 bits per heavy atom. The SMILES string of the molecule is CC(=O)NCCOCCOCCNc1ncc2cc(-c3c(F)ccc(NS(=O)(=O)N4CC[C@@H](F)C4)c3F)c(=O)n(C)c2n1. The van der Waals surface area contributed by atoms with Crippen LogP contribution in [0.3, 0.4) is 0 Å². The molecule has 43 heavy (non-hydrogen) atoms. The number of rotatable bonds is 14. The van der Waals surface area contributed by atoms with Crippen molar-refractivity contribution < 1.29 is 35.9 Å². The van der Waals surface area contributed by atoms with E-state index in [2.05, 4.69) is 20.6 Å². The molecule has 1 aromatic carbocycles. The molecule has 3 N–H and O–H groups in total. The summed E-state index contributed by atoms with van der Waals surface area (Å²) in [4.78, 5) is 32.5. The Morgan fingerprint density at radius 3 is 2.53 bits per heavy atom. The van der Waals surface area contributed by atoms with Crippen molar-refractivity contribution in [3.63, 3.8) is 0 Å². The number of anilines is 2. The van der Waals surface area contributed by atoms with Gasteiger partial charge in [-0.25, -0.2) is 18.2 Å². The molecule has 1 amide bonds. The third-order valence-corrected chi connectivity index (χ3v) is 7.99. The van der Waals surface area contributed by atoms with E-state index in [4.69, 9.17) is 9.47 Å². The van der Waals surface area contributed by atoms with Crippen molar-refractivity contribution in [2.24, 2.45) is 7.05 Å². The quantitative estimate of drug-likeness (QED) is 0.226. The number of fused-ring (bicyclic) bond motifs is 1. The fourth-order valence-electron chi connectivity index (χ4n) is 4.35. The average molecular weight is 628 g/mol. The zero-order valence-electron chi connectivity index (χ0n) is 23.5. The van der Waals surface area contributed by atoms with Crippen LogP contribution in [0, 0.1) is 11.6 Å². The smallest absolute Gasteiger partial charge is 0.301 e. The van der Waals surface area contributed by atoms with Gasteiger partial charge in [0.1, 0.15) is 17.6 Å². The molecule has 1 atom stereocenters. The highest BCUT2D eigenvalue weighted by Crippen LogP contribution is 2.31. The molecule has 0 radical (unpaired) electrons. The van der Waals surface area contributed by atoms with Crippen LogP contribution in [0.15, 0.2) is 29.2 Å². The summed E-state index contributed by atoms with van der Waals surface area (Å²) in [5.74, 6) is -2.32. The summed E-state index contributed by atoms with van der Waals surface area (Å²) in [5.41, 5.74) is -2.28. The number of ether oxygens (including phenoxy) is 2. The molecule has 0 aliphatic carbocycles. The van der Waals surface area contributed by atoms with Crippen LogP contribution in [0.5, 0.6) is 0 Å². The van der Waals surface area contributed by atoms with Gasteiger partial charge in [-0.15, -0.1) is 0 Å². The lowest BCUT2D eigenvalue weighted by atomic mass is 10.0. The van der Waals surface area contributed by atoms with E-state index >= 15 is 4.39 Å². The predicted octanol–water partition coefficient (Wildman–Crippen LogP) is 1.56. The second-order valence-electron chi connectivity index (χ2n) is 9.66. The first-order valence-corrected chi connectivity index (χ1v) is 14.8. The molecule has 3 heterocycles.